The summed E-state index contributed by atoms with van der Waals surface area (Å²) in [5, 5.41) is 0. The fourth-order valence-electron chi connectivity index (χ4n) is 1.80. The molecular weight excluding hydrogens is 316 g/mol. The van der Waals surface area contributed by atoms with Gasteiger partial charge in [-0.1, -0.05) is 11.6 Å². The van der Waals surface area contributed by atoms with Crippen molar-refractivity contribution in [2.24, 2.45) is 0 Å². The van der Waals surface area contributed by atoms with E-state index in [2.05, 4.69) is 15.9 Å². The maximum Gasteiger partial charge on any atom is 0.243 e. The lowest BCUT2D eigenvalue weighted by Gasteiger charge is -2.24. The summed E-state index contributed by atoms with van der Waals surface area (Å²) in [4.78, 5) is 0.246. The maximum atomic E-state index is 12.4. The number of nitrogens with two attached hydrogens (primary N) is 1. The average molecular weight is 331 g/mol. The smallest absolute Gasteiger partial charge is 0.243 e. The quantitative estimate of drug-likeness (QED) is 0.668. The molecule has 1 aliphatic heterocycles. The van der Waals surface area contributed by atoms with Gasteiger partial charge >= 0.3 is 0 Å². The van der Waals surface area contributed by atoms with Gasteiger partial charge in [0.1, 0.15) is 0 Å². The van der Waals surface area contributed by atoms with Gasteiger partial charge in [0.2, 0.25) is 10.0 Å². The Morgan fingerprint density at radius 2 is 2.11 bits per heavy atom. The summed E-state index contributed by atoms with van der Waals surface area (Å²) in [6, 6.07) is 4.72. The molecule has 0 saturated carbocycles. The van der Waals surface area contributed by atoms with Gasteiger partial charge < -0.3 is 5.73 Å². The van der Waals surface area contributed by atoms with Gasteiger partial charge in [0.15, 0.2) is 0 Å². The van der Waals surface area contributed by atoms with Gasteiger partial charge in [0.25, 0.3) is 0 Å². The number of hydrogen-bond donors (Lipinski definition) is 1. The zero-order valence-electron chi connectivity index (χ0n) is 10.1. The third kappa shape index (κ3) is 2.60. The molecule has 2 N–H and O–H groups in total. The Balaban J connectivity index is 2.34. The Labute approximate surface area is 116 Å². The van der Waals surface area contributed by atoms with Gasteiger partial charge in [0.05, 0.1) is 4.90 Å². The second-order valence-electron chi connectivity index (χ2n) is 4.35. The molecule has 1 aliphatic rings. The van der Waals surface area contributed by atoms with Gasteiger partial charge in [-0.05, 0) is 47.5 Å². The Bertz CT molecular complexity index is 596. The van der Waals surface area contributed by atoms with Crippen molar-refractivity contribution in [2.75, 3.05) is 18.8 Å². The van der Waals surface area contributed by atoms with Gasteiger partial charge in [-0.25, -0.2) is 8.42 Å². The predicted molar refractivity (Wildman–Crippen MR) is 75.7 cm³/mol. The van der Waals surface area contributed by atoms with Gasteiger partial charge in [-0.2, -0.15) is 4.31 Å². The van der Waals surface area contributed by atoms with E-state index in [0.29, 0.717) is 23.2 Å². The van der Waals surface area contributed by atoms with E-state index < -0.39 is 10.0 Å². The molecule has 0 aromatic heterocycles. The lowest BCUT2D eigenvalue weighted by atomic mass is 10.1. The fraction of sp³-hybridized carbons (Fsp3) is 0.333. The molecule has 0 spiro atoms. The minimum atomic E-state index is -3.44. The van der Waals surface area contributed by atoms with Crippen LogP contribution in [-0.2, 0) is 10.0 Å². The molecule has 0 radical (unpaired) electrons. The van der Waals surface area contributed by atoms with E-state index in [0.717, 1.165) is 6.42 Å². The Morgan fingerprint density at radius 3 is 2.67 bits per heavy atom. The van der Waals surface area contributed by atoms with E-state index in [-0.39, 0.29) is 4.90 Å². The van der Waals surface area contributed by atoms with E-state index in [9.17, 15) is 8.42 Å². The van der Waals surface area contributed by atoms with Crippen LogP contribution in [0.1, 0.15) is 13.3 Å². The first-order valence-corrected chi connectivity index (χ1v) is 7.85. The first-order valence-electron chi connectivity index (χ1n) is 5.62. The predicted octanol–water partition coefficient (Wildman–Crippen LogP) is 2.37. The monoisotopic (exact) mass is 330 g/mol. The average Bonchev–Trinajstić information content (AvgIpc) is 2.33. The van der Waals surface area contributed by atoms with Crippen molar-refractivity contribution in [1.82, 2.24) is 4.31 Å². The van der Waals surface area contributed by atoms with Crippen molar-refractivity contribution in [1.29, 1.82) is 0 Å². The fourth-order valence-corrected chi connectivity index (χ4v) is 3.46. The Kier molecular flexibility index (Phi) is 3.79. The number of benzene rings is 1. The summed E-state index contributed by atoms with van der Waals surface area (Å²) in [6.45, 7) is 2.98. The van der Waals surface area contributed by atoms with Crippen LogP contribution in [0.4, 0.5) is 5.69 Å². The van der Waals surface area contributed by atoms with Gasteiger partial charge in [-0.15, -0.1) is 0 Å². The lowest BCUT2D eigenvalue weighted by molar-refractivity contribution is 0.431. The van der Waals surface area contributed by atoms with E-state index >= 15 is 0 Å². The van der Waals surface area contributed by atoms with E-state index in [1.54, 1.807) is 12.1 Å². The molecule has 0 saturated heterocycles. The van der Waals surface area contributed by atoms with Crippen LogP contribution in [0.25, 0.3) is 0 Å². The Hall–Kier alpha value is -0.850. The largest absolute Gasteiger partial charge is 0.398 e. The standard InChI is InChI=1S/C12H15BrN2O2S/c1-9-4-6-15(7-5-9)18(16,17)10-2-3-11(13)12(14)8-10/h2-4,8H,5-7,14H2,1H3. The number of nitrogens with zero attached hydrogens (tertiary/aromatic N) is 1. The minimum Gasteiger partial charge on any atom is -0.398 e. The second kappa shape index (κ2) is 5.03. The van der Waals surface area contributed by atoms with E-state index in [4.69, 9.17) is 5.73 Å². The molecule has 2 rings (SSSR count). The lowest BCUT2D eigenvalue weighted by Crippen LogP contribution is -2.34. The molecule has 98 valence electrons. The van der Waals surface area contributed by atoms with Crippen molar-refractivity contribution in [3.8, 4) is 0 Å². The first kappa shape index (κ1) is 13.6. The summed E-state index contributed by atoms with van der Waals surface area (Å²) in [5.41, 5.74) is 7.39. The number of rotatable bonds is 2. The summed E-state index contributed by atoms with van der Waals surface area (Å²) in [7, 11) is -3.44. The number of anilines is 1. The van der Waals surface area contributed by atoms with Crippen molar-refractivity contribution >= 4 is 31.6 Å². The Morgan fingerprint density at radius 1 is 1.39 bits per heavy atom. The number of nitrogen functional groups attached to an aromatic ring is 1. The number of hydrogen-bond acceptors (Lipinski definition) is 3. The van der Waals surface area contributed by atoms with E-state index in [1.807, 2.05) is 13.0 Å². The highest BCUT2D eigenvalue weighted by molar-refractivity contribution is 9.10. The topological polar surface area (TPSA) is 63.4 Å². The highest BCUT2D eigenvalue weighted by Crippen LogP contribution is 2.26. The van der Waals surface area contributed by atoms with Gasteiger partial charge in [-0.3, -0.25) is 0 Å². The van der Waals surface area contributed by atoms with Crippen LogP contribution in [0, 0.1) is 0 Å². The molecule has 0 bridgehead atoms. The summed E-state index contributed by atoms with van der Waals surface area (Å²) >= 11 is 3.26. The highest BCUT2D eigenvalue weighted by atomic mass is 79.9. The molecule has 18 heavy (non-hydrogen) atoms. The molecule has 0 amide bonds. The first-order chi connectivity index (χ1) is 8.41. The van der Waals surface area contributed by atoms with Crippen LogP contribution >= 0.6 is 15.9 Å². The van der Waals surface area contributed by atoms with Crippen LogP contribution in [0.3, 0.4) is 0 Å². The molecule has 6 heteroatoms. The summed E-state index contributed by atoms with van der Waals surface area (Å²) in [6.07, 6.45) is 2.73. The molecule has 1 aromatic rings. The molecule has 1 aromatic carbocycles. The van der Waals surface area contributed by atoms with Crippen molar-refractivity contribution in [3.63, 3.8) is 0 Å². The normalized spacial score (nSPS) is 17.6. The van der Waals surface area contributed by atoms with Crippen molar-refractivity contribution < 1.29 is 8.42 Å². The summed E-state index contributed by atoms with van der Waals surface area (Å²) in [5.74, 6) is 0. The molecule has 0 fully saturated rings. The number of halogens is 1. The van der Waals surface area contributed by atoms with Crippen LogP contribution in [0.5, 0.6) is 0 Å². The van der Waals surface area contributed by atoms with Crippen LogP contribution < -0.4 is 5.73 Å². The second-order valence-corrected chi connectivity index (χ2v) is 7.14. The van der Waals surface area contributed by atoms with Crippen molar-refractivity contribution in [3.05, 3.63) is 34.3 Å². The molecule has 1 heterocycles. The molecular formula is C12H15BrN2O2S. The maximum absolute atomic E-state index is 12.4. The van der Waals surface area contributed by atoms with E-state index in [1.165, 1.54) is 15.9 Å². The summed E-state index contributed by atoms with van der Waals surface area (Å²) < 4.78 is 26.9. The molecule has 4 nitrogen and oxygen atoms in total. The van der Waals surface area contributed by atoms with Crippen LogP contribution in [-0.4, -0.2) is 25.8 Å². The minimum absolute atomic E-state index is 0.246. The zero-order chi connectivity index (χ0) is 13.3. The third-order valence-electron chi connectivity index (χ3n) is 3.00. The molecule has 0 aliphatic carbocycles. The molecule has 0 atom stereocenters. The van der Waals surface area contributed by atoms with Crippen LogP contribution in [0.15, 0.2) is 39.2 Å². The highest BCUT2D eigenvalue weighted by Gasteiger charge is 2.25. The number of sulfonamides is 1. The SMILES string of the molecule is CC1=CCN(S(=O)(=O)c2ccc(Br)c(N)c2)CC1. The van der Waals surface area contributed by atoms with Crippen molar-refractivity contribution in [2.45, 2.75) is 18.2 Å². The third-order valence-corrected chi connectivity index (χ3v) is 5.59. The molecule has 0 unspecified atom stereocenters. The van der Waals surface area contributed by atoms with Gasteiger partial charge in [0, 0.05) is 23.2 Å². The zero-order valence-corrected chi connectivity index (χ0v) is 12.5. The van der Waals surface area contributed by atoms with Crippen LogP contribution in [0.2, 0.25) is 0 Å².